The van der Waals surface area contributed by atoms with Crippen LogP contribution in [-0.2, 0) is 11.2 Å². The molecule has 156 valence electrons. The fourth-order valence-corrected chi connectivity index (χ4v) is 3.30. The second-order valence-corrected chi connectivity index (χ2v) is 7.09. The fraction of sp³-hybridized carbons (Fsp3) is 0.278. The Bertz CT molecular complexity index is 995. The summed E-state index contributed by atoms with van der Waals surface area (Å²) in [5, 5.41) is 21.0. The van der Waals surface area contributed by atoms with E-state index in [0.717, 1.165) is 35.7 Å². The number of anilines is 2. The highest BCUT2D eigenvalue weighted by Crippen LogP contribution is 2.16. The van der Waals surface area contributed by atoms with Crippen molar-refractivity contribution in [3.63, 3.8) is 0 Å². The number of nitrogens with one attached hydrogen (secondary N) is 3. The van der Waals surface area contributed by atoms with E-state index in [2.05, 4.69) is 60.0 Å². The van der Waals surface area contributed by atoms with Crippen molar-refractivity contribution < 1.29 is 9.59 Å². The molecule has 12 heteroatoms. The number of aromatic nitrogens is 5. The zero-order valence-corrected chi connectivity index (χ0v) is 17.3. The van der Waals surface area contributed by atoms with Crippen LogP contribution in [0, 0.1) is 0 Å². The molecule has 0 saturated carbocycles. The molecule has 2 heterocycles. The zero-order chi connectivity index (χ0) is 21.3. The molecule has 3 aromatic rings. The number of amides is 2. The minimum atomic E-state index is -0.490. The molecule has 3 rings (SSSR count). The van der Waals surface area contributed by atoms with Crippen molar-refractivity contribution in [3.05, 3.63) is 47.0 Å². The van der Waals surface area contributed by atoms with Crippen LogP contribution in [0.25, 0.3) is 0 Å². The van der Waals surface area contributed by atoms with Crippen molar-refractivity contribution in [2.24, 2.45) is 5.10 Å². The number of hydrogen-bond donors (Lipinski definition) is 3. The quantitative estimate of drug-likeness (QED) is 0.347. The van der Waals surface area contributed by atoms with Crippen LogP contribution < -0.4 is 15.6 Å². The predicted octanol–water partition coefficient (Wildman–Crippen LogP) is 1.45. The van der Waals surface area contributed by atoms with Crippen molar-refractivity contribution >= 4 is 40.2 Å². The number of carbonyl (C=O) groups excluding carboxylic acids is 2. The Balaban J connectivity index is 1.48. The van der Waals surface area contributed by atoms with Gasteiger partial charge < -0.3 is 4.90 Å². The predicted molar refractivity (Wildman–Crippen MR) is 114 cm³/mol. The second kappa shape index (κ2) is 10.2. The van der Waals surface area contributed by atoms with Crippen LogP contribution in [0.4, 0.5) is 10.8 Å². The maximum atomic E-state index is 12.0. The summed E-state index contributed by atoms with van der Waals surface area (Å²) in [6.45, 7) is 6.10. The molecule has 30 heavy (non-hydrogen) atoms. The summed E-state index contributed by atoms with van der Waals surface area (Å²) in [6.07, 6.45) is 2.80. The molecule has 11 nitrogen and oxygen atoms in total. The summed E-state index contributed by atoms with van der Waals surface area (Å²) in [6, 6.07) is 7.92. The van der Waals surface area contributed by atoms with E-state index in [0.29, 0.717) is 5.01 Å². The molecule has 0 aliphatic rings. The molecule has 0 spiro atoms. The van der Waals surface area contributed by atoms with Crippen molar-refractivity contribution in [1.82, 2.24) is 30.8 Å². The average molecular weight is 427 g/mol. The van der Waals surface area contributed by atoms with Crippen molar-refractivity contribution in [2.45, 2.75) is 20.3 Å². The second-order valence-electron chi connectivity index (χ2n) is 6.02. The molecule has 0 aliphatic carbocycles. The highest BCUT2D eigenvalue weighted by Gasteiger charge is 2.14. The smallest absolute Gasteiger partial charge is 0.294 e. The number of benzene rings is 1. The summed E-state index contributed by atoms with van der Waals surface area (Å²) in [5.41, 5.74) is 4.48. The normalized spacial score (nSPS) is 10.9. The number of hydrogen-bond acceptors (Lipinski definition) is 9. The van der Waals surface area contributed by atoms with Crippen molar-refractivity contribution in [2.75, 3.05) is 23.3 Å². The van der Waals surface area contributed by atoms with Crippen LogP contribution in [0.2, 0.25) is 0 Å². The third kappa shape index (κ3) is 5.67. The van der Waals surface area contributed by atoms with Gasteiger partial charge in [-0.1, -0.05) is 23.5 Å². The van der Waals surface area contributed by atoms with Crippen LogP contribution in [0.15, 0.2) is 35.7 Å². The van der Waals surface area contributed by atoms with Gasteiger partial charge in [0.05, 0.1) is 12.6 Å². The molecule has 0 fully saturated rings. The zero-order valence-electron chi connectivity index (χ0n) is 16.5. The van der Waals surface area contributed by atoms with Crippen molar-refractivity contribution in [1.29, 1.82) is 0 Å². The topological polar surface area (TPSA) is 141 Å². The van der Waals surface area contributed by atoms with Gasteiger partial charge in [0.1, 0.15) is 11.3 Å². The Morgan fingerprint density at radius 1 is 1.20 bits per heavy atom. The minimum absolute atomic E-state index is 0.00587. The van der Waals surface area contributed by atoms with Crippen LogP contribution in [-0.4, -0.2) is 56.5 Å². The number of hydrazone groups is 1. The summed E-state index contributed by atoms with van der Waals surface area (Å²) in [7, 11) is 0. The summed E-state index contributed by atoms with van der Waals surface area (Å²) in [4.78, 5) is 29.9. The van der Waals surface area contributed by atoms with Gasteiger partial charge >= 0.3 is 0 Å². The molecule has 0 atom stereocenters. The third-order valence-corrected chi connectivity index (χ3v) is 4.89. The van der Waals surface area contributed by atoms with E-state index in [1.807, 2.05) is 24.3 Å². The van der Waals surface area contributed by atoms with Crippen LogP contribution in [0.1, 0.15) is 35.0 Å². The number of aromatic amines is 1. The van der Waals surface area contributed by atoms with Gasteiger partial charge in [-0.15, -0.1) is 10.2 Å². The van der Waals surface area contributed by atoms with E-state index in [1.54, 1.807) is 6.21 Å². The minimum Gasteiger partial charge on any atom is -0.372 e. The molecule has 3 N–H and O–H groups in total. The molecular formula is C18H21N9O2S. The molecule has 0 aliphatic heterocycles. The number of H-pyrrole nitrogens is 1. The highest BCUT2D eigenvalue weighted by molar-refractivity contribution is 7.15. The first-order valence-corrected chi connectivity index (χ1v) is 10.1. The van der Waals surface area contributed by atoms with Crippen LogP contribution in [0.5, 0.6) is 0 Å². The van der Waals surface area contributed by atoms with E-state index in [1.165, 1.54) is 6.33 Å². The Labute approximate surface area is 176 Å². The van der Waals surface area contributed by atoms with E-state index in [9.17, 15) is 9.59 Å². The molecule has 2 amide bonds. The lowest BCUT2D eigenvalue weighted by molar-refractivity contribution is -0.120. The SMILES string of the molecule is CCN(CC)c1ccc(C=NNC(=O)Cc2nnc(NC(=O)c3ncn[nH]3)s2)cc1. The summed E-state index contributed by atoms with van der Waals surface area (Å²) < 4.78 is 0. The van der Waals surface area contributed by atoms with Crippen molar-refractivity contribution in [3.8, 4) is 0 Å². The molecule has 1 aromatic carbocycles. The number of nitrogens with zero attached hydrogens (tertiary/aromatic N) is 6. The maximum Gasteiger partial charge on any atom is 0.294 e. The Kier molecular flexibility index (Phi) is 7.16. The molecule has 0 radical (unpaired) electrons. The maximum absolute atomic E-state index is 12.0. The van der Waals surface area contributed by atoms with Crippen LogP contribution in [0.3, 0.4) is 0 Å². The summed E-state index contributed by atoms with van der Waals surface area (Å²) in [5.74, 6) is -0.768. The standard InChI is InChI=1S/C18H21N9O2S/c1-3-27(4-2)13-7-5-12(6-8-13)10-20-23-14(28)9-15-24-26-18(30-15)22-17(29)16-19-11-21-25-16/h5-8,10-11H,3-4,9H2,1-2H3,(H,23,28)(H,19,21,25)(H,22,26,29). The first-order chi connectivity index (χ1) is 14.6. The first-order valence-electron chi connectivity index (χ1n) is 9.25. The fourth-order valence-electron chi connectivity index (χ4n) is 2.56. The average Bonchev–Trinajstić information content (AvgIpc) is 3.42. The molecule has 2 aromatic heterocycles. The lowest BCUT2D eigenvalue weighted by atomic mass is 10.2. The Hall–Kier alpha value is -3.67. The largest absolute Gasteiger partial charge is 0.372 e. The van der Waals surface area contributed by atoms with Gasteiger partial charge in [-0.25, -0.2) is 10.4 Å². The Morgan fingerprint density at radius 3 is 2.63 bits per heavy atom. The lowest BCUT2D eigenvalue weighted by Gasteiger charge is -2.20. The van der Waals surface area contributed by atoms with E-state index in [4.69, 9.17) is 0 Å². The van der Waals surface area contributed by atoms with Crippen LogP contribution >= 0.6 is 11.3 Å². The van der Waals surface area contributed by atoms with Gasteiger partial charge in [0, 0.05) is 18.8 Å². The van der Waals surface area contributed by atoms with Gasteiger partial charge in [-0.05, 0) is 31.5 Å². The van der Waals surface area contributed by atoms with Gasteiger partial charge in [-0.3, -0.25) is 20.0 Å². The lowest BCUT2D eigenvalue weighted by Crippen LogP contribution is -2.21. The highest BCUT2D eigenvalue weighted by atomic mass is 32.1. The number of carbonyl (C=O) groups is 2. The molecule has 0 saturated heterocycles. The van der Waals surface area contributed by atoms with E-state index < -0.39 is 5.91 Å². The molecular weight excluding hydrogens is 406 g/mol. The van der Waals surface area contributed by atoms with Gasteiger partial charge in [0.2, 0.25) is 16.9 Å². The van der Waals surface area contributed by atoms with E-state index >= 15 is 0 Å². The van der Waals surface area contributed by atoms with Gasteiger partial charge in [0.25, 0.3) is 5.91 Å². The van der Waals surface area contributed by atoms with E-state index in [-0.39, 0.29) is 23.3 Å². The first kappa shape index (κ1) is 21.0. The Morgan fingerprint density at radius 2 is 1.97 bits per heavy atom. The third-order valence-electron chi connectivity index (χ3n) is 4.05. The van der Waals surface area contributed by atoms with Gasteiger partial charge in [-0.2, -0.15) is 10.2 Å². The van der Waals surface area contributed by atoms with Gasteiger partial charge in [0.15, 0.2) is 0 Å². The molecule has 0 unspecified atom stereocenters. The summed E-state index contributed by atoms with van der Waals surface area (Å²) >= 11 is 1.09. The monoisotopic (exact) mass is 427 g/mol. The molecule has 0 bridgehead atoms. The number of rotatable bonds is 9.